The van der Waals surface area contributed by atoms with Crippen molar-refractivity contribution in [3.05, 3.63) is 52.4 Å². The monoisotopic (exact) mass is 476 g/mol. The Morgan fingerprint density at radius 1 is 1.24 bits per heavy atom. The number of hydrogen-bond acceptors (Lipinski definition) is 9. The zero-order valence-electron chi connectivity index (χ0n) is 15.2. The van der Waals surface area contributed by atoms with Crippen molar-refractivity contribution >= 4 is 44.1 Å². The molecule has 4 rings (SSSR count). The lowest BCUT2D eigenvalue weighted by atomic mass is 10.2. The standard InChI is InChI=1S/C18H17BrN6O3S/c19-12-3-4-13(21-10-12)11-28-18-24-23-17(29-18)22-16(26)14-2-1-5-20-15(14)25-6-8-27-9-7-25/h1-5,10H,6-9,11H2,(H,22,23,26). The number of nitrogens with zero attached hydrogens (tertiary/aromatic N) is 5. The summed E-state index contributed by atoms with van der Waals surface area (Å²) < 4.78 is 11.9. The number of rotatable bonds is 6. The molecule has 11 heteroatoms. The summed E-state index contributed by atoms with van der Waals surface area (Å²) in [6.45, 7) is 2.87. The van der Waals surface area contributed by atoms with Crippen LogP contribution in [0.1, 0.15) is 16.1 Å². The quantitative estimate of drug-likeness (QED) is 0.579. The molecule has 3 aromatic rings. The van der Waals surface area contributed by atoms with Crippen LogP contribution in [-0.4, -0.2) is 52.4 Å². The molecular weight excluding hydrogens is 460 g/mol. The summed E-state index contributed by atoms with van der Waals surface area (Å²) in [4.78, 5) is 23.4. The first-order valence-electron chi connectivity index (χ1n) is 8.85. The molecule has 0 aromatic carbocycles. The van der Waals surface area contributed by atoms with Crippen molar-refractivity contribution in [2.75, 3.05) is 36.5 Å². The van der Waals surface area contributed by atoms with Crippen molar-refractivity contribution in [3.8, 4) is 5.19 Å². The molecule has 1 saturated heterocycles. The predicted molar refractivity (Wildman–Crippen MR) is 111 cm³/mol. The van der Waals surface area contributed by atoms with Crippen molar-refractivity contribution in [1.82, 2.24) is 20.2 Å². The topological polar surface area (TPSA) is 102 Å². The predicted octanol–water partition coefficient (Wildman–Crippen LogP) is 2.76. The third-order valence-corrected chi connectivity index (χ3v) is 5.32. The number of hydrogen-bond donors (Lipinski definition) is 1. The summed E-state index contributed by atoms with van der Waals surface area (Å²) in [6.07, 6.45) is 3.37. The number of aromatic nitrogens is 4. The van der Waals surface area contributed by atoms with Crippen LogP contribution in [0, 0.1) is 0 Å². The first-order chi connectivity index (χ1) is 14.2. The van der Waals surface area contributed by atoms with Gasteiger partial charge in [-0.2, -0.15) is 0 Å². The molecule has 9 nitrogen and oxygen atoms in total. The number of amides is 1. The molecule has 3 aromatic heterocycles. The largest absolute Gasteiger partial charge is 0.462 e. The molecule has 0 saturated carbocycles. The number of anilines is 2. The van der Waals surface area contributed by atoms with Gasteiger partial charge in [-0.1, -0.05) is 5.10 Å². The third kappa shape index (κ3) is 5.05. The number of morpholine rings is 1. The van der Waals surface area contributed by atoms with E-state index >= 15 is 0 Å². The summed E-state index contributed by atoms with van der Waals surface area (Å²) >= 11 is 4.49. The van der Waals surface area contributed by atoms with Crippen molar-refractivity contribution in [1.29, 1.82) is 0 Å². The van der Waals surface area contributed by atoms with Gasteiger partial charge in [-0.3, -0.25) is 15.1 Å². The second-order valence-electron chi connectivity index (χ2n) is 6.06. The Morgan fingerprint density at radius 3 is 2.90 bits per heavy atom. The van der Waals surface area contributed by atoms with Gasteiger partial charge in [0.1, 0.15) is 12.4 Å². The van der Waals surface area contributed by atoms with E-state index in [0.717, 1.165) is 21.5 Å². The van der Waals surface area contributed by atoms with Crippen LogP contribution in [-0.2, 0) is 11.3 Å². The molecule has 1 N–H and O–H groups in total. The fourth-order valence-electron chi connectivity index (χ4n) is 2.71. The molecule has 1 aliphatic rings. The van der Waals surface area contributed by atoms with E-state index in [4.69, 9.17) is 9.47 Å². The number of ether oxygens (including phenoxy) is 2. The number of carbonyl (C=O) groups excluding carboxylic acids is 1. The van der Waals surface area contributed by atoms with Crippen molar-refractivity contribution in [2.45, 2.75) is 6.61 Å². The molecule has 1 aliphatic heterocycles. The van der Waals surface area contributed by atoms with E-state index in [9.17, 15) is 4.79 Å². The van der Waals surface area contributed by atoms with Crippen LogP contribution in [0.2, 0.25) is 0 Å². The van der Waals surface area contributed by atoms with Crippen LogP contribution < -0.4 is 15.0 Å². The molecule has 1 amide bonds. The highest BCUT2D eigenvalue weighted by atomic mass is 79.9. The maximum absolute atomic E-state index is 12.8. The first kappa shape index (κ1) is 19.7. The first-order valence-corrected chi connectivity index (χ1v) is 10.5. The summed E-state index contributed by atoms with van der Waals surface area (Å²) in [5.74, 6) is 0.340. The lowest BCUT2D eigenvalue weighted by molar-refractivity contribution is 0.102. The van der Waals surface area contributed by atoms with Gasteiger partial charge in [-0.25, -0.2) is 4.98 Å². The zero-order chi connectivity index (χ0) is 20.1. The van der Waals surface area contributed by atoms with Crippen molar-refractivity contribution in [2.24, 2.45) is 0 Å². The van der Waals surface area contributed by atoms with E-state index in [-0.39, 0.29) is 12.5 Å². The molecule has 29 heavy (non-hydrogen) atoms. The molecule has 4 heterocycles. The number of carbonyl (C=O) groups is 1. The van der Waals surface area contributed by atoms with E-state index in [1.165, 1.54) is 0 Å². The molecule has 0 aliphatic carbocycles. The third-order valence-electron chi connectivity index (χ3n) is 4.10. The van der Waals surface area contributed by atoms with Gasteiger partial charge < -0.3 is 14.4 Å². The molecule has 1 fully saturated rings. The fourth-order valence-corrected chi connectivity index (χ4v) is 3.54. The summed E-state index contributed by atoms with van der Waals surface area (Å²) in [6, 6.07) is 7.21. The fraction of sp³-hybridized carbons (Fsp3) is 0.278. The number of pyridine rings is 2. The molecule has 0 unspecified atom stereocenters. The number of halogens is 1. The average Bonchev–Trinajstić information content (AvgIpc) is 3.21. The Balaban J connectivity index is 1.40. The summed E-state index contributed by atoms with van der Waals surface area (Å²) in [5.41, 5.74) is 1.24. The van der Waals surface area contributed by atoms with Gasteiger partial charge in [-0.05, 0) is 51.5 Å². The Kier molecular flexibility index (Phi) is 6.27. The molecule has 150 valence electrons. The van der Waals surface area contributed by atoms with E-state index in [0.29, 0.717) is 48.0 Å². The second-order valence-corrected chi connectivity index (χ2v) is 7.91. The van der Waals surface area contributed by atoms with E-state index < -0.39 is 0 Å². The lowest BCUT2D eigenvalue weighted by Gasteiger charge is -2.28. The van der Waals surface area contributed by atoms with Crippen molar-refractivity contribution in [3.63, 3.8) is 0 Å². The smallest absolute Gasteiger partial charge is 0.296 e. The van der Waals surface area contributed by atoms with E-state index in [1.807, 2.05) is 17.0 Å². The normalized spacial score (nSPS) is 13.9. The Morgan fingerprint density at radius 2 is 2.10 bits per heavy atom. The maximum atomic E-state index is 12.8. The minimum absolute atomic E-state index is 0.264. The summed E-state index contributed by atoms with van der Waals surface area (Å²) in [7, 11) is 0. The van der Waals surface area contributed by atoms with Gasteiger partial charge in [0.15, 0.2) is 0 Å². The van der Waals surface area contributed by atoms with Crippen LogP contribution in [0.5, 0.6) is 5.19 Å². The minimum Gasteiger partial charge on any atom is -0.462 e. The van der Waals surface area contributed by atoms with Crippen LogP contribution in [0.3, 0.4) is 0 Å². The molecular formula is C18H17BrN6O3S. The van der Waals surface area contributed by atoms with Gasteiger partial charge in [0.2, 0.25) is 5.13 Å². The van der Waals surface area contributed by atoms with Crippen LogP contribution in [0.4, 0.5) is 10.9 Å². The number of nitrogens with one attached hydrogen (secondary N) is 1. The highest BCUT2D eigenvalue weighted by Gasteiger charge is 2.21. The highest BCUT2D eigenvalue weighted by Crippen LogP contribution is 2.25. The molecule has 0 atom stereocenters. The van der Waals surface area contributed by atoms with Gasteiger partial charge in [0.05, 0.1) is 24.5 Å². The SMILES string of the molecule is O=C(Nc1nnc(OCc2ccc(Br)cn2)s1)c1cccnc1N1CCOCC1. The molecule has 0 radical (unpaired) electrons. The molecule has 0 spiro atoms. The van der Waals surface area contributed by atoms with Crippen LogP contribution in [0.15, 0.2) is 41.1 Å². The Hall–Kier alpha value is -2.63. The van der Waals surface area contributed by atoms with Crippen LogP contribution >= 0.6 is 27.3 Å². The van der Waals surface area contributed by atoms with Gasteiger partial charge in [-0.15, -0.1) is 5.10 Å². The van der Waals surface area contributed by atoms with Crippen LogP contribution in [0.25, 0.3) is 0 Å². The zero-order valence-corrected chi connectivity index (χ0v) is 17.6. The Bertz CT molecular complexity index is 978. The maximum Gasteiger partial charge on any atom is 0.296 e. The van der Waals surface area contributed by atoms with E-state index in [2.05, 4.69) is 41.4 Å². The summed E-state index contributed by atoms with van der Waals surface area (Å²) in [5, 5.41) is 11.4. The van der Waals surface area contributed by atoms with Gasteiger partial charge in [0, 0.05) is 30.0 Å². The van der Waals surface area contributed by atoms with Gasteiger partial charge >= 0.3 is 0 Å². The average molecular weight is 477 g/mol. The highest BCUT2D eigenvalue weighted by molar-refractivity contribution is 9.10. The second kappa shape index (κ2) is 9.25. The Labute approximate surface area is 179 Å². The van der Waals surface area contributed by atoms with Gasteiger partial charge in [0.25, 0.3) is 11.1 Å². The van der Waals surface area contributed by atoms with Crippen molar-refractivity contribution < 1.29 is 14.3 Å². The van der Waals surface area contributed by atoms with E-state index in [1.54, 1.807) is 24.5 Å². The minimum atomic E-state index is -0.295. The lowest BCUT2D eigenvalue weighted by Crippen LogP contribution is -2.38. The molecule has 0 bridgehead atoms.